The lowest BCUT2D eigenvalue weighted by molar-refractivity contribution is 0.0971. The number of fused-ring (bicyclic) bond motifs is 2. The Labute approximate surface area is 191 Å². The van der Waals surface area contributed by atoms with Gasteiger partial charge in [0.25, 0.3) is 5.91 Å². The van der Waals surface area contributed by atoms with Crippen LogP contribution in [0.4, 0.5) is 18.9 Å². The van der Waals surface area contributed by atoms with E-state index < -0.39 is 17.5 Å². The van der Waals surface area contributed by atoms with Crippen molar-refractivity contribution in [2.75, 3.05) is 24.5 Å². The van der Waals surface area contributed by atoms with Gasteiger partial charge in [-0.1, -0.05) is 24.3 Å². The number of halogens is 3. The average Bonchev–Trinajstić information content (AvgIpc) is 3.10. The predicted octanol–water partition coefficient (Wildman–Crippen LogP) is 5.61. The largest absolute Gasteiger partial charge is 0.307 e. The second kappa shape index (κ2) is 8.34. The summed E-state index contributed by atoms with van der Waals surface area (Å²) in [7, 11) is 0. The number of rotatable bonds is 3. The molecular weight excluding hydrogens is 425 g/mol. The number of benzene rings is 3. The van der Waals surface area contributed by atoms with Crippen molar-refractivity contribution in [2.45, 2.75) is 31.7 Å². The third-order valence-electron chi connectivity index (χ3n) is 7.16. The monoisotopic (exact) mass is 450 g/mol. The summed E-state index contributed by atoms with van der Waals surface area (Å²) < 4.78 is 42.0. The molecule has 1 spiro atoms. The van der Waals surface area contributed by atoms with Crippen LogP contribution in [0.5, 0.6) is 0 Å². The number of aryl methyl sites for hydroxylation is 1. The average molecular weight is 451 g/mol. The molecule has 33 heavy (non-hydrogen) atoms. The molecule has 0 aliphatic carbocycles. The first-order valence-corrected chi connectivity index (χ1v) is 11.2. The molecule has 3 aromatic rings. The summed E-state index contributed by atoms with van der Waals surface area (Å²) in [4.78, 5) is 17.2. The van der Waals surface area contributed by atoms with Gasteiger partial charge in [0.05, 0.1) is 5.56 Å². The van der Waals surface area contributed by atoms with Gasteiger partial charge >= 0.3 is 0 Å². The van der Waals surface area contributed by atoms with Crippen LogP contribution in [0, 0.1) is 24.4 Å². The van der Waals surface area contributed by atoms with Crippen LogP contribution < -0.4 is 4.90 Å². The molecule has 2 aliphatic heterocycles. The molecule has 0 atom stereocenters. The van der Waals surface area contributed by atoms with E-state index in [4.69, 9.17) is 0 Å². The first kappa shape index (κ1) is 21.7. The fourth-order valence-electron chi connectivity index (χ4n) is 5.23. The van der Waals surface area contributed by atoms with Gasteiger partial charge in [0.2, 0.25) is 0 Å². The maximum absolute atomic E-state index is 14.4. The summed E-state index contributed by atoms with van der Waals surface area (Å²) in [5.41, 5.74) is 3.39. The van der Waals surface area contributed by atoms with Crippen molar-refractivity contribution in [1.29, 1.82) is 0 Å². The summed E-state index contributed by atoms with van der Waals surface area (Å²) in [5, 5.41) is 0. The Morgan fingerprint density at radius 1 is 0.939 bits per heavy atom. The van der Waals surface area contributed by atoms with Crippen LogP contribution in [0.1, 0.15) is 39.9 Å². The van der Waals surface area contributed by atoms with E-state index in [2.05, 4.69) is 24.0 Å². The summed E-state index contributed by atoms with van der Waals surface area (Å²) in [6.45, 7) is 4.95. The van der Waals surface area contributed by atoms with Crippen LogP contribution in [-0.4, -0.2) is 30.4 Å². The molecule has 0 bridgehead atoms. The van der Waals surface area contributed by atoms with E-state index in [1.165, 1.54) is 34.2 Å². The highest BCUT2D eigenvalue weighted by atomic mass is 19.1. The lowest BCUT2D eigenvalue weighted by atomic mass is 9.74. The SMILES string of the molecule is Cc1ccccc1CN1CCC2(CC1)CN(C(=O)c1ccc(F)cc1F)c1ccc(F)cc12. The lowest BCUT2D eigenvalue weighted by Crippen LogP contribution is -2.46. The smallest absolute Gasteiger partial charge is 0.261 e. The second-order valence-corrected chi connectivity index (χ2v) is 9.16. The Morgan fingerprint density at radius 2 is 1.64 bits per heavy atom. The van der Waals surface area contributed by atoms with Crippen molar-refractivity contribution in [3.05, 3.63) is 100 Å². The summed E-state index contributed by atoms with van der Waals surface area (Å²) in [5.74, 6) is -2.50. The fraction of sp³-hybridized carbons (Fsp3) is 0.296. The van der Waals surface area contributed by atoms with Gasteiger partial charge in [-0.25, -0.2) is 13.2 Å². The first-order valence-electron chi connectivity index (χ1n) is 11.2. The Bertz CT molecular complexity index is 1220. The summed E-state index contributed by atoms with van der Waals surface area (Å²) in [6, 6.07) is 15.7. The highest BCUT2D eigenvalue weighted by Crippen LogP contribution is 2.48. The van der Waals surface area contributed by atoms with Crippen molar-refractivity contribution in [3.8, 4) is 0 Å². The number of nitrogens with zero attached hydrogens (tertiary/aromatic N) is 2. The van der Waals surface area contributed by atoms with Crippen LogP contribution in [0.2, 0.25) is 0 Å². The van der Waals surface area contributed by atoms with E-state index in [1.54, 1.807) is 6.07 Å². The minimum Gasteiger partial charge on any atom is -0.307 e. The topological polar surface area (TPSA) is 23.6 Å². The maximum Gasteiger partial charge on any atom is 0.261 e. The molecule has 2 aliphatic rings. The Hall–Kier alpha value is -3.12. The quantitative estimate of drug-likeness (QED) is 0.518. The van der Waals surface area contributed by atoms with E-state index in [0.717, 1.165) is 44.1 Å². The molecule has 6 heteroatoms. The van der Waals surface area contributed by atoms with Gasteiger partial charge in [0.1, 0.15) is 17.5 Å². The third kappa shape index (κ3) is 3.93. The molecule has 0 saturated carbocycles. The zero-order valence-electron chi connectivity index (χ0n) is 18.5. The molecule has 1 amide bonds. The summed E-state index contributed by atoms with van der Waals surface area (Å²) >= 11 is 0. The highest BCUT2D eigenvalue weighted by molar-refractivity contribution is 6.08. The molecule has 0 aromatic heterocycles. The minimum absolute atomic E-state index is 0.180. The molecule has 0 radical (unpaired) electrons. The van der Waals surface area contributed by atoms with Crippen molar-refractivity contribution in [2.24, 2.45) is 0 Å². The molecule has 3 aromatic carbocycles. The molecule has 170 valence electrons. The third-order valence-corrected chi connectivity index (χ3v) is 7.16. The highest BCUT2D eigenvalue weighted by Gasteiger charge is 2.47. The molecule has 5 rings (SSSR count). The predicted molar refractivity (Wildman–Crippen MR) is 122 cm³/mol. The molecule has 1 saturated heterocycles. The zero-order valence-corrected chi connectivity index (χ0v) is 18.5. The van der Waals surface area contributed by atoms with Crippen LogP contribution in [-0.2, 0) is 12.0 Å². The van der Waals surface area contributed by atoms with Gasteiger partial charge in [-0.05, 0) is 79.9 Å². The van der Waals surface area contributed by atoms with Crippen molar-refractivity contribution >= 4 is 11.6 Å². The van der Waals surface area contributed by atoms with Gasteiger partial charge in [-0.15, -0.1) is 0 Å². The van der Waals surface area contributed by atoms with E-state index >= 15 is 0 Å². The molecule has 1 fully saturated rings. The minimum atomic E-state index is -0.891. The van der Waals surface area contributed by atoms with Gasteiger partial charge in [-0.2, -0.15) is 0 Å². The fourth-order valence-corrected chi connectivity index (χ4v) is 5.23. The first-order chi connectivity index (χ1) is 15.9. The zero-order chi connectivity index (χ0) is 23.2. The Balaban J connectivity index is 1.41. The van der Waals surface area contributed by atoms with Gasteiger partial charge in [0, 0.05) is 30.3 Å². The number of piperidine rings is 1. The van der Waals surface area contributed by atoms with Gasteiger partial charge in [-0.3, -0.25) is 9.69 Å². The number of hydrogen-bond donors (Lipinski definition) is 0. The lowest BCUT2D eigenvalue weighted by Gasteiger charge is -2.40. The van der Waals surface area contributed by atoms with Gasteiger partial charge in [0.15, 0.2) is 0 Å². The van der Waals surface area contributed by atoms with Crippen molar-refractivity contribution in [3.63, 3.8) is 0 Å². The summed E-state index contributed by atoms with van der Waals surface area (Å²) in [6.07, 6.45) is 1.54. The van der Waals surface area contributed by atoms with Crippen molar-refractivity contribution < 1.29 is 18.0 Å². The standard InChI is InChI=1S/C27H25F3N2O/c1-18-4-2-3-5-19(18)16-31-12-10-27(11-13-31)17-32(25-9-7-20(28)14-23(25)27)26(33)22-8-6-21(29)15-24(22)30/h2-9,14-15H,10-13,16-17H2,1H3. The Kier molecular flexibility index (Phi) is 5.49. The number of amides is 1. The van der Waals surface area contributed by atoms with E-state index in [1.807, 2.05) is 12.1 Å². The Morgan fingerprint density at radius 3 is 2.36 bits per heavy atom. The van der Waals surface area contributed by atoms with Gasteiger partial charge < -0.3 is 4.90 Å². The van der Waals surface area contributed by atoms with Crippen LogP contribution >= 0.6 is 0 Å². The van der Waals surface area contributed by atoms with Crippen LogP contribution in [0.3, 0.4) is 0 Å². The maximum atomic E-state index is 14.4. The number of likely N-dealkylation sites (tertiary alicyclic amines) is 1. The number of carbonyl (C=O) groups is 1. The van der Waals surface area contributed by atoms with Crippen LogP contribution in [0.25, 0.3) is 0 Å². The van der Waals surface area contributed by atoms with Crippen LogP contribution in [0.15, 0.2) is 60.7 Å². The van der Waals surface area contributed by atoms with E-state index in [0.29, 0.717) is 18.3 Å². The molecule has 2 heterocycles. The second-order valence-electron chi connectivity index (χ2n) is 9.16. The number of anilines is 1. The number of hydrogen-bond acceptors (Lipinski definition) is 2. The normalized spacial score (nSPS) is 17.4. The molecule has 3 nitrogen and oxygen atoms in total. The van der Waals surface area contributed by atoms with E-state index in [-0.39, 0.29) is 16.8 Å². The number of carbonyl (C=O) groups excluding carboxylic acids is 1. The van der Waals surface area contributed by atoms with Crippen molar-refractivity contribution in [1.82, 2.24) is 4.90 Å². The molecular formula is C27H25F3N2O. The molecule has 0 unspecified atom stereocenters. The molecule has 0 N–H and O–H groups in total. The van der Waals surface area contributed by atoms with E-state index in [9.17, 15) is 18.0 Å².